The van der Waals surface area contributed by atoms with Gasteiger partial charge in [0, 0.05) is 23.0 Å². The van der Waals surface area contributed by atoms with Gasteiger partial charge in [0.1, 0.15) is 5.75 Å². The summed E-state index contributed by atoms with van der Waals surface area (Å²) >= 11 is 0. The first-order valence-corrected chi connectivity index (χ1v) is 9.86. The molecule has 1 heterocycles. The highest BCUT2D eigenvalue weighted by Gasteiger charge is 2.23. The second kappa shape index (κ2) is 7.74. The van der Waals surface area contributed by atoms with Gasteiger partial charge in [-0.3, -0.25) is 9.00 Å². The molecule has 0 radical (unpaired) electrons. The van der Waals surface area contributed by atoms with Crippen LogP contribution >= 0.6 is 0 Å². The summed E-state index contributed by atoms with van der Waals surface area (Å²) in [5, 5.41) is 5.88. The number of hydrogen-bond acceptors (Lipinski definition) is 3. The van der Waals surface area contributed by atoms with Crippen molar-refractivity contribution in [2.75, 3.05) is 12.3 Å². The molecule has 0 unspecified atom stereocenters. The van der Waals surface area contributed by atoms with E-state index >= 15 is 0 Å². The molecule has 1 aliphatic heterocycles. The zero-order chi connectivity index (χ0) is 17.8. The highest BCUT2D eigenvalue weighted by atomic mass is 32.2. The predicted octanol–water partition coefficient (Wildman–Crippen LogP) is 3.19. The van der Waals surface area contributed by atoms with E-state index in [0.717, 1.165) is 34.4 Å². The number of benzene rings is 2. The van der Waals surface area contributed by atoms with Crippen molar-refractivity contribution in [3.63, 3.8) is 0 Å². The average molecular weight is 354 g/mol. The first-order chi connectivity index (χ1) is 12.0. The lowest BCUT2D eigenvalue weighted by Crippen LogP contribution is -2.28. The minimum atomic E-state index is -1.23. The highest BCUT2D eigenvalue weighted by molar-refractivity contribution is 7.84. The van der Waals surface area contributed by atoms with Gasteiger partial charge >= 0.3 is 0 Å². The van der Waals surface area contributed by atoms with Crippen LogP contribution in [0.3, 0.4) is 0 Å². The Kier molecular flexibility index (Phi) is 5.43. The van der Waals surface area contributed by atoms with Gasteiger partial charge in [0.05, 0.1) is 12.3 Å². The first kappa shape index (κ1) is 17.5. The molecule has 1 amide bonds. The van der Waals surface area contributed by atoms with Crippen molar-refractivity contribution < 1.29 is 9.00 Å². The number of aryl methyl sites for hydroxylation is 2. The van der Waals surface area contributed by atoms with E-state index in [1.807, 2.05) is 62.4 Å². The zero-order valence-corrected chi connectivity index (χ0v) is 15.4. The third-order valence-electron chi connectivity index (χ3n) is 4.30. The van der Waals surface area contributed by atoms with Gasteiger partial charge in [0.15, 0.2) is 0 Å². The Hall–Kier alpha value is -2.27. The molecule has 2 aromatic carbocycles. The molecule has 0 fully saturated rings. The molecule has 1 atom stereocenters. The van der Waals surface area contributed by atoms with E-state index in [0.29, 0.717) is 12.3 Å². The lowest BCUT2D eigenvalue weighted by atomic mass is 10.1. The number of hydrogen-bond donors (Lipinski definition) is 0. The molecule has 2 aromatic rings. The maximum Gasteiger partial charge on any atom is 0.255 e. The number of carbonyl (C=O) groups excluding carboxylic acids is 1. The first-order valence-electron chi connectivity index (χ1n) is 8.37. The molecule has 5 heteroatoms. The van der Waals surface area contributed by atoms with Gasteiger partial charge in [-0.05, 0) is 30.5 Å². The Morgan fingerprint density at radius 3 is 2.68 bits per heavy atom. The van der Waals surface area contributed by atoms with Crippen molar-refractivity contribution in [1.82, 2.24) is 5.01 Å². The smallest absolute Gasteiger partial charge is 0.255 e. The van der Waals surface area contributed by atoms with E-state index < -0.39 is 10.8 Å². The highest BCUT2D eigenvalue weighted by Crippen LogP contribution is 2.16. The largest absolute Gasteiger partial charge is 0.272 e. The summed E-state index contributed by atoms with van der Waals surface area (Å²) in [6, 6.07) is 16.0. The minimum absolute atomic E-state index is 0.0128. The van der Waals surface area contributed by atoms with Crippen LogP contribution in [-0.4, -0.2) is 33.1 Å². The molecule has 4 nitrogen and oxygen atoms in total. The summed E-state index contributed by atoms with van der Waals surface area (Å²) in [4.78, 5) is 12.4. The van der Waals surface area contributed by atoms with E-state index in [1.165, 1.54) is 5.01 Å². The normalized spacial score (nSPS) is 15.1. The molecule has 130 valence electrons. The number of rotatable bonds is 5. The predicted molar refractivity (Wildman–Crippen MR) is 102 cm³/mol. The Morgan fingerprint density at radius 2 is 1.92 bits per heavy atom. The van der Waals surface area contributed by atoms with E-state index in [1.54, 1.807) is 0 Å². The third kappa shape index (κ3) is 4.42. The van der Waals surface area contributed by atoms with Crippen LogP contribution in [0.1, 0.15) is 28.7 Å². The standard InChI is InChI=1S/C20H22N2O2S/c1-15-8-9-16(2)18(12-15)13-25(24)14-20(23)22-11-10-19(21-22)17-6-4-3-5-7-17/h3-9,12H,10-11,13-14H2,1-2H3/t25-/m1/s1. The summed E-state index contributed by atoms with van der Waals surface area (Å²) in [6.07, 6.45) is 0.735. The topological polar surface area (TPSA) is 49.7 Å². The van der Waals surface area contributed by atoms with Crippen molar-refractivity contribution in [3.05, 3.63) is 70.8 Å². The van der Waals surface area contributed by atoms with Gasteiger partial charge in [-0.15, -0.1) is 0 Å². The molecular weight excluding hydrogens is 332 g/mol. The van der Waals surface area contributed by atoms with Crippen LogP contribution in [0.4, 0.5) is 0 Å². The lowest BCUT2D eigenvalue weighted by Gasteiger charge is -2.12. The summed E-state index contributed by atoms with van der Waals surface area (Å²) in [5.74, 6) is 0.246. The second-order valence-corrected chi connectivity index (χ2v) is 7.80. The number of amides is 1. The number of nitrogens with zero attached hydrogens (tertiary/aromatic N) is 2. The Morgan fingerprint density at radius 1 is 1.16 bits per heavy atom. The molecule has 25 heavy (non-hydrogen) atoms. The SMILES string of the molecule is Cc1ccc(C)c(C[S@@](=O)CC(=O)N2CCC(c3ccccc3)=N2)c1. The Balaban J connectivity index is 1.62. The zero-order valence-electron chi connectivity index (χ0n) is 14.6. The Labute approximate surface area is 151 Å². The van der Waals surface area contributed by atoms with Crippen molar-refractivity contribution in [3.8, 4) is 0 Å². The van der Waals surface area contributed by atoms with Crippen LogP contribution in [0.2, 0.25) is 0 Å². The van der Waals surface area contributed by atoms with E-state index in [2.05, 4.69) is 5.10 Å². The van der Waals surface area contributed by atoms with Gasteiger partial charge < -0.3 is 0 Å². The lowest BCUT2D eigenvalue weighted by molar-refractivity contribution is -0.127. The van der Waals surface area contributed by atoms with E-state index in [9.17, 15) is 9.00 Å². The molecule has 0 bridgehead atoms. The molecule has 1 aliphatic rings. The van der Waals surface area contributed by atoms with E-state index in [-0.39, 0.29) is 11.7 Å². The average Bonchev–Trinajstić information content (AvgIpc) is 3.09. The van der Waals surface area contributed by atoms with Gasteiger partial charge in [0.2, 0.25) is 0 Å². The van der Waals surface area contributed by atoms with Gasteiger partial charge in [-0.25, -0.2) is 5.01 Å². The van der Waals surface area contributed by atoms with Crippen LogP contribution in [0.15, 0.2) is 53.6 Å². The molecular formula is C20H22N2O2S. The quantitative estimate of drug-likeness (QED) is 0.828. The summed E-state index contributed by atoms with van der Waals surface area (Å²) < 4.78 is 12.4. The van der Waals surface area contributed by atoms with Crippen LogP contribution in [0.25, 0.3) is 0 Å². The second-order valence-electron chi connectivity index (χ2n) is 6.34. The van der Waals surface area contributed by atoms with Crippen molar-refractivity contribution >= 4 is 22.4 Å². The number of hydrazone groups is 1. The van der Waals surface area contributed by atoms with Crippen LogP contribution < -0.4 is 0 Å². The third-order valence-corrected chi connectivity index (χ3v) is 5.50. The van der Waals surface area contributed by atoms with Gasteiger partial charge in [-0.2, -0.15) is 5.10 Å². The molecule has 0 aromatic heterocycles. The fourth-order valence-electron chi connectivity index (χ4n) is 2.86. The van der Waals surface area contributed by atoms with E-state index in [4.69, 9.17) is 0 Å². The summed E-state index contributed by atoms with van der Waals surface area (Å²) in [7, 11) is -1.23. The molecule has 0 saturated heterocycles. The van der Waals surface area contributed by atoms with Crippen LogP contribution in [0.5, 0.6) is 0 Å². The minimum Gasteiger partial charge on any atom is -0.272 e. The number of carbonyl (C=O) groups is 1. The fourth-order valence-corrected chi connectivity index (χ4v) is 4.05. The summed E-state index contributed by atoms with van der Waals surface area (Å²) in [5.41, 5.74) is 5.24. The maximum atomic E-state index is 12.4. The fraction of sp³-hybridized carbons (Fsp3) is 0.300. The molecule has 0 aliphatic carbocycles. The Bertz CT molecular complexity index is 831. The van der Waals surface area contributed by atoms with Gasteiger partial charge in [0.25, 0.3) is 5.91 Å². The molecule has 0 spiro atoms. The van der Waals surface area contributed by atoms with Crippen molar-refractivity contribution in [2.45, 2.75) is 26.0 Å². The van der Waals surface area contributed by atoms with Crippen molar-refractivity contribution in [2.24, 2.45) is 5.10 Å². The molecule has 0 saturated carbocycles. The van der Waals surface area contributed by atoms with Gasteiger partial charge in [-0.1, -0.05) is 54.1 Å². The summed E-state index contributed by atoms with van der Waals surface area (Å²) in [6.45, 7) is 4.58. The molecule has 3 rings (SSSR count). The van der Waals surface area contributed by atoms with Crippen molar-refractivity contribution in [1.29, 1.82) is 0 Å². The van der Waals surface area contributed by atoms with Crippen LogP contribution in [-0.2, 0) is 21.3 Å². The van der Waals surface area contributed by atoms with Crippen LogP contribution in [0, 0.1) is 13.8 Å². The monoisotopic (exact) mass is 354 g/mol. The molecule has 0 N–H and O–H groups in total. The maximum absolute atomic E-state index is 12.4.